The van der Waals surface area contributed by atoms with Crippen LogP contribution in [0.3, 0.4) is 0 Å². The van der Waals surface area contributed by atoms with E-state index in [1.807, 2.05) is 80.6 Å². The molecule has 0 bridgehead atoms. The molecular formula is C22H20N4O. The van der Waals surface area contributed by atoms with Crippen LogP contribution in [0.25, 0.3) is 22.4 Å². The summed E-state index contributed by atoms with van der Waals surface area (Å²) in [6, 6.07) is 21.1. The van der Waals surface area contributed by atoms with Crippen molar-refractivity contribution in [3.8, 4) is 11.4 Å². The number of imidazole rings is 1. The topological polar surface area (TPSA) is 69.8 Å². The van der Waals surface area contributed by atoms with Crippen molar-refractivity contribution in [3.05, 3.63) is 77.9 Å². The Morgan fingerprint density at radius 1 is 0.852 bits per heavy atom. The molecule has 0 aliphatic carbocycles. The molecule has 3 aromatic carbocycles. The number of H-pyrrole nitrogens is 1. The first kappa shape index (κ1) is 16.8. The highest BCUT2D eigenvalue weighted by Crippen LogP contribution is 2.22. The van der Waals surface area contributed by atoms with Gasteiger partial charge in [-0.3, -0.25) is 0 Å². The summed E-state index contributed by atoms with van der Waals surface area (Å²) >= 11 is 0. The van der Waals surface area contributed by atoms with Crippen LogP contribution in [-0.2, 0) is 0 Å². The predicted octanol–water partition coefficient (Wildman–Crippen LogP) is 5.49. The summed E-state index contributed by atoms with van der Waals surface area (Å²) in [6.07, 6.45) is 0. The molecule has 27 heavy (non-hydrogen) atoms. The van der Waals surface area contributed by atoms with Crippen molar-refractivity contribution in [1.82, 2.24) is 9.97 Å². The zero-order valence-electron chi connectivity index (χ0n) is 15.2. The molecule has 0 saturated heterocycles. The minimum atomic E-state index is -0.269. The van der Waals surface area contributed by atoms with E-state index < -0.39 is 0 Å². The molecule has 4 aromatic rings. The van der Waals surface area contributed by atoms with Gasteiger partial charge in [-0.1, -0.05) is 18.2 Å². The fourth-order valence-corrected chi connectivity index (χ4v) is 2.91. The van der Waals surface area contributed by atoms with Gasteiger partial charge in [-0.25, -0.2) is 9.78 Å². The number of anilines is 2. The van der Waals surface area contributed by atoms with Gasteiger partial charge in [-0.15, -0.1) is 0 Å². The van der Waals surface area contributed by atoms with Crippen LogP contribution in [0.4, 0.5) is 16.2 Å². The maximum atomic E-state index is 12.2. The molecule has 134 valence electrons. The van der Waals surface area contributed by atoms with Gasteiger partial charge in [0.15, 0.2) is 0 Å². The van der Waals surface area contributed by atoms with E-state index >= 15 is 0 Å². The third kappa shape index (κ3) is 3.67. The third-order valence-corrected chi connectivity index (χ3v) is 4.57. The second-order valence-corrected chi connectivity index (χ2v) is 6.56. The normalized spacial score (nSPS) is 10.7. The Hall–Kier alpha value is -3.60. The number of nitrogens with zero attached hydrogens (tertiary/aromatic N) is 1. The monoisotopic (exact) mass is 356 g/mol. The van der Waals surface area contributed by atoms with Crippen molar-refractivity contribution in [2.75, 3.05) is 10.6 Å². The van der Waals surface area contributed by atoms with Crippen molar-refractivity contribution in [3.63, 3.8) is 0 Å². The van der Waals surface area contributed by atoms with E-state index in [1.54, 1.807) is 0 Å². The fourth-order valence-electron chi connectivity index (χ4n) is 2.91. The first-order chi connectivity index (χ1) is 13.1. The van der Waals surface area contributed by atoms with Crippen LogP contribution in [-0.4, -0.2) is 16.0 Å². The number of urea groups is 1. The Labute approximate surface area is 157 Å². The molecule has 0 aliphatic rings. The van der Waals surface area contributed by atoms with Gasteiger partial charge in [0.25, 0.3) is 0 Å². The van der Waals surface area contributed by atoms with E-state index in [4.69, 9.17) is 0 Å². The molecule has 0 unspecified atom stereocenters. The molecule has 0 aliphatic heterocycles. The summed E-state index contributed by atoms with van der Waals surface area (Å²) < 4.78 is 0. The number of rotatable bonds is 3. The number of aromatic nitrogens is 2. The highest BCUT2D eigenvalue weighted by Gasteiger charge is 2.07. The molecule has 5 nitrogen and oxygen atoms in total. The predicted molar refractivity (Wildman–Crippen MR) is 110 cm³/mol. The number of hydrogen-bond donors (Lipinski definition) is 3. The Balaban J connectivity index is 1.45. The molecule has 0 fully saturated rings. The quantitative estimate of drug-likeness (QED) is 0.454. The Kier molecular flexibility index (Phi) is 4.34. The van der Waals surface area contributed by atoms with E-state index in [2.05, 4.69) is 20.6 Å². The van der Waals surface area contributed by atoms with Crippen molar-refractivity contribution in [2.45, 2.75) is 13.8 Å². The highest BCUT2D eigenvalue weighted by molar-refractivity contribution is 5.99. The number of benzene rings is 3. The maximum absolute atomic E-state index is 12.2. The average molecular weight is 356 g/mol. The van der Waals surface area contributed by atoms with Gasteiger partial charge in [0, 0.05) is 16.9 Å². The van der Waals surface area contributed by atoms with E-state index in [0.717, 1.165) is 39.4 Å². The van der Waals surface area contributed by atoms with Gasteiger partial charge in [0.05, 0.1) is 11.0 Å². The standard InChI is InChI=1S/C22H20N4O/c1-14-7-10-18(13-15(14)2)24-22(27)23-17-11-8-16(9-12-17)21-25-19-5-3-4-6-20(19)26-21/h3-13H,1-2H3,(H,25,26)(H2,23,24,27). The number of aromatic amines is 1. The second kappa shape index (κ2) is 6.96. The summed E-state index contributed by atoms with van der Waals surface area (Å²) in [5.74, 6) is 0.808. The largest absolute Gasteiger partial charge is 0.338 e. The number of para-hydroxylation sites is 2. The molecule has 0 atom stereocenters. The first-order valence-electron chi connectivity index (χ1n) is 8.79. The van der Waals surface area contributed by atoms with E-state index in [1.165, 1.54) is 5.56 Å². The van der Waals surface area contributed by atoms with Crippen LogP contribution >= 0.6 is 0 Å². The Morgan fingerprint density at radius 2 is 1.56 bits per heavy atom. The van der Waals surface area contributed by atoms with Crippen molar-refractivity contribution >= 4 is 28.4 Å². The lowest BCUT2D eigenvalue weighted by Gasteiger charge is -2.09. The lowest BCUT2D eigenvalue weighted by molar-refractivity contribution is 0.262. The number of nitrogens with one attached hydrogen (secondary N) is 3. The molecule has 0 radical (unpaired) electrons. The molecule has 1 aromatic heterocycles. The maximum Gasteiger partial charge on any atom is 0.323 e. The van der Waals surface area contributed by atoms with Gasteiger partial charge in [-0.05, 0) is 73.5 Å². The molecule has 0 saturated carbocycles. The molecule has 1 heterocycles. The molecular weight excluding hydrogens is 336 g/mol. The van der Waals surface area contributed by atoms with Crippen LogP contribution in [0, 0.1) is 13.8 Å². The minimum Gasteiger partial charge on any atom is -0.338 e. The molecule has 3 N–H and O–H groups in total. The van der Waals surface area contributed by atoms with Crippen LogP contribution in [0.5, 0.6) is 0 Å². The number of carbonyl (C=O) groups excluding carboxylic acids is 1. The van der Waals surface area contributed by atoms with E-state index in [0.29, 0.717) is 0 Å². The Bertz CT molecular complexity index is 1080. The fraction of sp³-hybridized carbons (Fsp3) is 0.0909. The summed E-state index contributed by atoms with van der Waals surface area (Å²) in [4.78, 5) is 20.1. The average Bonchev–Trinajstić information content (AvgIpc) is 3.09. The SMILES string of the molecule is Cc1ccc(NC(=O)Nc2ccc(-c3nc4ccccc4[nH]3)cc2)cc1C. The number of fused-ring (bicyclic) bond motifs is 1. The van der Waals surface area contributed by atoms with Gasteiger partial charge < -0.3 is 15.6 Å². The summed E-state index contributed by atoms with van der Waals surface area (Å²) in [5.41, 5.74) is 6.73. The number of aryl methyl sites for hydroxylation is 2. The molecule has 0 spiro atoms. The second-order valence-electron chi connectivity index (χ2n) is 6.56. The molecule has 2 amide bonds. The Morgan fingerprint density at radius 3 is 2.30 bits per heavy atom. The van der Waals surface area contributed by atoms with Crippen LogP contribution in [0.15, 0.2) is 66.7 Å². The highest BCUT2D eigenvalue weighted by atomic mass is 16.2. The zero-order chi connectivity index (χ0) is 18.8. The van der Waals surface area contributed by atoms with Crippen LogP contribution < -0.4 is 10.6 Å². The summed E-state index contributed by atoms with van der Waals surface area (Å²) in [5, 5.41) is 5.70. The summed E-state index contributed by atoms with van der Waals surface area (Å²) in [7, 11) is 0. The minimum absolute atomic E-state index is 0.269. The van der Waals surface area contributed by atoms with E-state index in [-0.39, 0.29) is 6.03 Å². The number of amides is 2. The van der Waals surface area contributed by atoms with Crippen molar-refractivity contribution < 1.29 is 4.79 Å². The van der Waals surface area contributed by atoms with Crippen LogP contribution in [0.1, 0.15) is 11.1 Å². The van der Waals surface area contributed by atoms with Gasteiger partial charge in [-0.2, -0.15) is 0 Å². The number of carbonyl (C=O) groups is 1. The molecule has 5 heteroatoms. The molecule has 4 rings (SSSR count). The lowest BCUT2D eigenvalue weighted by Crippen LogP contribution is -2.19. The van der Waals surface area contributed by atoms with Crippen LogP contribution in [0.2, 0.25) is 0 Å². The van der Waals surface area contributed by atoms with Gasteiger partial charge >= 0.3 is 6.03 Å². The lowest BCUT2D eigenvalue weighted by atomic mass is 10.1. The van der Waals surface area contributed by atoms with Crippen molar-refractivity contribution in [2.24, 2.45) is 0 Å². The first-order valence-corrected chi connectivity index (χ1v) is 8.79. The number of hydrogen-bond acceptors (Lipinski definition) is 2. The van der Waals surface area contributed by atoms with E-state index in [9.17, 15) is 4.79 Å². The van der Waals surface area contributed by atoms with Gasteiger partial charge in [0.1, 0.15) is 5.82 Å². The third-order valence-electron chi connectivity index (χ3n) is 4.57. The van der Waals surface area contributed by atoms with Crippen molar-refractivity contribution in [1.29, 1.82) is 0 Å². The zero-order valence-corrected chi connectivity index (χ0v) is 15.2. The van der Waals surface area contributed by atoms with Gasteiger partial charge in [0.2, 0.25) is 0 Å². The smallest absolute Gasteiger partial charge is 0.323 e. The summed E-state index contributed by atoms with van der Waals surface area (Å²) in [6.45, 7) is 4.07.